The van der Waals surface area contributed by atoms with Crippen LogP contribution in [0.25, 0.3) is 0 Å². The van der Waals surface area contributed by atoms with Crippen LogP contribution in [0.4, 0.5) is 0 Å². The molecule has 3 heteroatoms. The number of rotatable bonds is 12. The van der Waals surface area contributed by atoms with E-state index in [9.17, 15) is 4.79 Å². The summed E-state index contributed by atoms with van der Waals surface area (Å²) in [4.78, 5) is 14.5. The second kappa shape index (κ2) is 12.5. The van der Waals surface area contributed by atoms with Crippen LogP contribution in [0.15, 0.2) is 12.7 Å². The van der Waals surface area contributed by atoms with Crippen molar-refractivity contribution in [3.63, 3.8) is 0 Å². The molecule has 0 N–H and O–H groups in total. The molecule has 0 aliphatic carbocycles. The highest BCUT2D eigenvalue weighted by molar-refractivity contribution is 5.76. The number of likely N-dealkylation sites (N-methyl/N-ethyl adjacent to an activating group) is 1. The number of quaternary nitrogens is 1. The maximum absolute atomic E-state index is 12.4. The van der Waals surface area contributed by atoms with Gasteiger partial charge < -0.3 is 9.38 Å². The zero-order chi connectivity index (χ0) is 17.7. The average molecular weight is 338 g/mol. The van der Waals surface area contributed by atoms with E-state index in [1.165, 1.54) is 51.4 Å². The van der Waals surface area contributed by atoms with Gasteiger partial charge in [-0.05, 0) is 12.5 Å². The molecule has 0 radical (unpaired) electrons. The lowest BCUT2D eigenvalue weighted by Crippen LogP contribution is -2.47. The van der Waals surface area contributed by atoms with Crippen LogP contribution in [0.2, 0.25) is 0 Å². The lowest BCUT2D eigenvalue weighted by Gasteiger charge is -2.32. The van der Waals surface area contributed by atoms with Crippen LogP contribution in [-0.4, -0.2) is 55.1 Å². The molecule has 1 rings (SSSR count). The highest BCUT2D eigenvalue weighted by Crippen LogP contribution is 2.14. The van der Waals surface area contributed by atoms with Crippen LogP contribution in [-0.2, 0) is 4.79 Å². The molecule has 1 heterocycles. The molecule has 140 valence electrons. The third-order valence-electron chi connectivity index (χ3n) is 5.45. The molecule has 0 spiro atoms. The van der Waals surface area contributed by atoms with Crippen molar-refractivity contribution in [1.29, 1.82) is 0 Å². The Morgan fingerprint density at radius 2 is 1.62 bits per heavy atom. The second-order valence-corrected chi connectivity index (χ2v) is 7.85. The van der Waals surface area contributed by atoms with Gasteiger partial charge in [-0.25, -0.2) is 0 Å². The molecule has 1 aliphatic rings. The molecule has 24 heavy (non-hydrogen) atoms. The summed E-state index contributed by atoms with van der Waals surface area (Å²) in [6.07, 6.45) is 15.7. The Morgan fingerprint density at radius 3 is 2.25 bits per heavy atom. The average Bonchev–Trinajstić information content (AvgIpc) is 2.75. The summed E-state index contributed by atoms with van der Waals surface area (Å²) in [6.45, 7) is 11.2. The van der Waals surface area contributed by atoms with E-state index in [-0.39, 0.29) is 0 Å². The third kappa shape index (κ3) is 8.86. The number of carbonyl (C=O) groups excluding carboxylic acids is 1. The van der Waals surface area contributed by atoms with E-state index in [0.29, 0.717) is 5.91 Å². The minimum Gasteiger partial charge on any atom is -0.337 e. The van der Waals surface area contributed by atoms with E-state index < -0.39 is 0 Å². The summed E-state index contributed by atoms with van der Waals surface area (Å²) >= 11 is 0. The van der Waals surface area contributed by atoms with Gasteiger partial charge in [-0.2, -0.15) is 0 Å². The lowest BCUT2D eigenvalue weighted by molar-refractivity contribution is -0.902. The summed E-state index contributed by atoms with van der Waals surface area (Å²) in [5.41, 5.74) is 0. The standard InChI is InChI=1S/C21H41N2O/c1-4-6-7-8-9-10-11-12-13-15-21(24)22-16-14-19-23(3,18-5-2)20-17-22/h5H,2,4,6-20H2,1,3H3/q+1. The molecular formula is C21H41N2O+. The molecule has 3 nitrogen and oxygen atoms in total. The van der Waals surface area contributed by atoms with Crippen molar-refractivity contribution in [1.82, 2.24) is 4.90 Å². The van der Waals surface area contributed by atoms with E-state index in [4.69, 9.17) is 0 Å². The second-order valence-electron chi connectivity index (χ2n) is 7.85. The maximum Gasteiger partial charge on any atom is 0.222 e. The Bertz CT molecular complexity index is 356. The molecule has 1 saturated heterocycles. The van der Waals surface area contributed by atoms with Gasteiger partial charge >= 0.3 is 0 Å². The van der Waals surface area contributed by atoms with E-state index in [1.54, 1.807) is 0 Å². The van der Waals surface area contributed by atoms with Crippen LogP contribution < -0.4 is 0 Å². The Hall–Kier alpha value is -0.830. The van der Waals surface area contributed by atoms with Gasteiger partial charge in [0.15, 0.2) is 0 Å². The molecule has 1 amide bonds. The van der Waals surface area contributed by atoms with Gasteiger partial charge in [-0.1, -0.05) is 64.9 Å². The fourth-order valence-electron chi connectivity index (χ4n) is 3.72. The topological polar surface area (TPSA) is 20.3 Å². The molecule has 0 aromatic carbocycles. The van der Waals surface area contributed by atoms with E-state index in [0.717, 1.165) is 56.5 Å². The largest absolute Gasteiger partial charge is 0.337 e. The number of amides is 1. The van der Waals surface area contributed by atoms with Crippen molar-refractivity contribution in [3.05, 3.63) is 12.7 Å². The summed E-state index contributed by atoms with van der Waals surface area (Å²) in [7, 11) is 2.29. The Balaban J connectivity index is 2.09. The quantitative estimate of drug-likeness (QED) is 0.285. The van der Waals surface area contributed by atoms with E-state index in [1.807, 2.05) is 6.08 Å². The minimum atomic E-state index is 0.380. The summed E-state index contributed by atoms with van der Waals surface area (Å²) in [5.74, 6) is 0.380. The monoisotopic (exact) mass is 337 g/mol. The number of hydrogen-bond acceptors (Lipinski definition) is 1. The number of carbonyl (C=O) groups is 1. The van der Waals surface area contributed by atoms with Gasteiger partial charge in [0.2, 0.25) is 5.91 Å². The zero-order valence-electron chi connectivity index (χ0n) is 16.4. The van der Waals surface area contributed by atoms with Gasteiger partial charge in [0.05, 0.1) is 33.2 Å². The Labute approximate surface area is 150 Å². The smallest absolute Gasteiger partial charge is 0.222 e. The fraction of sp³-hybridized carbons (Fsp3) is 0.857. The number of unbranched alkanes of at least 4 members (excludes halogenated alkanes) is 8. The van der Waals surface area contributed by atoms with Gasteiger partial charge in [0.1, 0.15) is 0 Å². The molecule has 0 aromatic heterocycles. The summed E-state index contributed by atoms with van der Waals surface area (Å²) < 4.78 is 1.03. The Kier molecular flexibility index (Phi) is 11.1. The molecule has 0 aromatic rings. The summed E-state index contributed by atoms with van der Waals surface area (Å²) in [6, 6.07) is 0. The first-order valence-electron chi connectivity index (χ1n) is 10.3. The molecule has 1 atom stereocenters. The molecular weight excluding hydrogens is 296 g/mol. The van der Waals surface area contributed by atoms with Gasteiger partial charge in [0, 0.05) is 19.4 Å². The van der Waals surface area contributed by atoms with Crippen molar-refractivity contribution in [3.8, 4) is 0 Å². The van der Waals surface area contributed by atoms with Crippen molar-refractivity contribution in [2.24, 2.45) is 0 Å². The van der Waals surface area contributed by atoms with Crippen molar-refractivity contribution >= 4 is 5.91 Å². The molecule has 0 bridgehead atoms. The molecule has 1 fully saturated rings. The summed E-state index contributed by atoms with van der Waals surface area (Å²) in [5, 5.41) is 0. The van der Waals surface area contributed by atoms with Gasteiger partial charge in [0.25, 0.3) is 0 Å². The highest BCUT2D eigenvalue weighted by atomic mass is 16.2. The third-order valence-corrected chi connectivity index (χ3v) is 5.45. The van der Waals surface area contributed by atoms with Crippen molar-refractivity contribution in [2.75, 3.05) is 39.8 Å². The van der Waals surface area contributed by atoms with Crippen LogP contribution in [0.1, 0.15) is 77.6 Å². The predicted molar refractivity (Wildman–Crippen MR) is 104 cm³/mol. The Morgan fingerprint density at radius 1 is 1.00 bits per heavy atom. The normalized spacial score (nSPS) is 21.5. The first kappa shape index (κ1) is 21.2. The zero-order valence-corrected chi connectivity index (χ0v) is 16.4. The van der Waals surface area contributed by atoms with Gasteiger partial charge in [-0.15, -0.1) is 0 Å². The highest BCUT2D eigenvalue weighted by Gasteiger charge is 2.26. The predicted octanol–water partition coefficient (Wildman–Crippen LogP) is 4.77. The van der Waals surface area contributed by atoms with Gasteiger partial charge in [-0.3, -0.25) is 4.79 Å². The van der Waals surface area contributed by atoms with Crippen LogP contribution >= 0.6 is 0 Å². The van der Waals surface area contributed by atoms with Crippen molar-refractivity contribution in [2.45, 2.75) is 77.6 Å². The first-order valence-corrected chi connectivity index (χ1v) is 10.3. The molecule has 1 aliphatic heterocycles. The molecule has 0 saturated carbocycles. The number of nitrogens with zero attached hydrogens (tertiary/aromatic N) is 2. The van der Waals surface area contributed by atoms with E-state index in [2.05, 4.69) is 25.5 Å². The minimum absolute atomic E-state index is 0.380. The van der Waals surface area contributed by atoms with Crippen molar-refractivity contribution < 1.29 is 9.28 Å². The lowest BCUT2D eigenvalue weighted by atomic mass is 10.1. The first-order chi connectivity index (χ1) is 11.6. The van der Waals surface area contributed by atoms with Crippen LogP contribution in [0.5, 0.6) is 0 Å². The fourth-order valence-corrected chi connectivity index (χ4v) is 3.72. The maximum atomic E-state index is 12.4. The SMILES string of the molecule is C=CC[N+]1(C)CCCN(C(=O)CCCCCCCCCCC)CC1. The molecule has 1 unspecified atom stereocenters. The van der Waals surface area contributed by atoms with Crippen LogP contribution in [0, 0.1) is 0 Å². The van der Waals surface area contributed by atoms with Crippen LogP contribution in [0.3, 0.4) is 0 Å². The number of hydrogen-bond donors (Lipinski definition) is 0. The van der Waals surface area contributed by atoms with E-state index >= 15 is 0 Å².